The van der Waals surface area contributed by atoms with Crippen molar-refractivity contribution in [3.8, 4) is 32.6 Å². The number of ether oxygens (including phenoxy) is 2. The molecule has 1 aliphatic heterocycles. The second-order valence-corrected chi connectivity index (χ2v) is 9.30. The van der Waals surface area contributed by atoms with Gasteiger partial charge < -0.3 is 14.8 Å². The highest BCUT2D eigenvalue weighted by molar-refractivity contribution is 7.99. The van der Waals surface area contributed by atoms with Gasteiger partial charge in [0.05, 0.1) is 16.3 Å². The maximum absolute atomic E-state index is 12.3. The summed E-state index contributed by atoms with van der Waals surface area (Å²) in [6, 6.07) is 19.5. The number of fused-ring (bicyclic) bond motifs is 1. The van der Waals surface area contributed by atoms with Crippen molar-refractivity contribution < 1.29 is 14.3 Å². The molecule has 7 nitrogen and oxygen atoms in total. The van der Waals surface area contributed by atoms with Crippen LogP contribution in [0.25, 0.3) is 21.1 Å². The molecule has 33 heavy (non-hydrogen) atoms. The van der Waals surface area contributed by atoms with Gasteiger partial charge in [-0.3, -0.25) is 4.79 Å². The van der Waals surface area contributed by atoms with E-state index in [1.165, 1.54) is 11.8 Å². The van der Waals surface area contributed by atoms with Gasteiger partial charge in [-0.2, -0.15) is 0 Å². The van der Waals surface area contributed by atoms with Crippen molar-refractivity contribution in [2.75, 3.05) is 12.5 Å². The predicted octanol–water partition coefficient (Wildman–Crippen LogP) is 4.71. The number of amides is 1. The van der Waals surface area contributed by atoms with E-state index >= 15 is 0 Å². The number of hydrogen-bond acceptors (Lipinski definition) is 8. The van der Waals surface area contributed by atoms with Crippen molar-refractivity contribution in [1.29, 1.82) is 0 Å². The Morgan fingerprint density at radius 3 is 2.73 bits per heavy atom. The quantitative estimate of drug-likeness (QED) is 0.387. The Morgan fingerprint density at radius 1 is 1.06 bits per heavy atom. The lowest BCUT2D eigenvalue weighted by atomic mass is 10.2. The molecule has 0 fully saturated rings. The molecule has 4 aromatic rings. The van der Waals surface area contributed by atoms with Crippen LogP contribution in [0.5, 0.6) is 11.5 Å². The molecule has 2 aromatic carbocycles. The van der Waals surface area contributed by atoms with E-state index in [9.17, 15) is 4.79 Å². The maximum atomic E-state index is 12.3. The first-order chi connectivity index (χ1) is 16.2. The van der Waals surface area contributed by atoms with Crippen LogP contribution >= 0.6 is 23.1 Å². The molecule has 5 rings (SSSR count). The lowest BCUT2D eigenvalue weighted by Gasteiger charge is -2.06. The van der Waals surface area contributed by atoms with Crippen molar-refractivity contribution in [2.45, 2.75) is 18.5 Å². The number of benzene rings is 2. The lowest BCUT2D eigenvalue weighted by Crippen LogP contribution is -2.24. The molecule has 166 valence electrons. The van der Waals surface area contributed by atoms with E-state index < -0.39 is 0 Å². The van der Waals surface area contributed by atoms with Gasteiger partial charge >= 0.3 is 0 Å². The average molecular weight is 477 g/mol. The highest BCUT2D eigenvalue weighted by Gasteiger charge is 2.15. The summed E-state index contributed by atoms with van der Waals surface area (Å²) in [5.74, 6) is 1.62. The zero-order valence-corrected chi connectivity index (χ0v) is 19.4. The molecular weight excluding hydrogens is 456 g/mol. The van der Waals surface area contributed by atoms with E-state index in [1.54, 1.807) is 11.3 Å². The van der Waals surface area contributed by atoms with Crippen LogP contribution in [0.2, 0.25) is 0 Å². The number of hydrogen-bond donors (Lipinski definition) is 1. The molecule has 1 amide bonds. The van der Waals surface area contributed by atoms with Crippen LogP contribution < -0.4 is 14.8 Å². The summed E-state index contributed by atoms with van der Waals surface area (Å²) >= 11 is 2.95. The molecule has 0 saturated carbocycles. The highest BCUT2D eigenvalue weighted by atomic mass is 32.2. The van der Waals surface area contributed by atoms with E-state index in [1.807, 2.05) is 67.6 Å². The van der Waals surface area contributed by atoms with E-state index in [2.05, 4.69) is 20.5 Å². The number of aryl methyl sites for hydroxylation is 1. The summed E-state index contributed by atoms with van der Waals surface area (Å²) in [5.41, 5.74) is 3.75. The minimum absolute atomic E-state index is 0.0747. The zero-order valence-electron chi connectivity index (χ0n) is 17.8. The third kappa shape index (κ3) is 4.99. The Morgan fingerprint density at radius 2 is 1.91 bits per heavy atom. The van der Waals surface area contributed by atoms with E-state index in [4.69, 9.17) is 9.47 Å². The first kappa shape index (κ1) is 21.4. The second-order valence-electron chi connectivity index (χ2n) is 7.31. The fraction of sp³-hybridized carbons (Fsp3) is 0.167. The molecule has 0 aliphatic carbocycles. The molecule has 0 saturated heterocycles. The Labute approximate surface area is 199 Å². The van der Waals surface area contributed by atoms with Crippen molar-refractivity contribution in [3.63, 3.8) is 0 Å². The fourth-order valence-electron chi connectivity index (χ4n) is 3.30. The van der Waals surface area contributed by atoms with Crippen molar-refractivity contribution in [3.05, 3.63) is 71.9 Å². The monoisotopic (exact) mass is 476 g/mol. The van der Waals surface area contributed by atoms with Gasteiger partial charge in [-0.15, -0.1) is 21.5 Å². The largest absolute Gasteiger partial charge is 0.454 e. The molecule has 0 radical (unpaired) electrons. The molecular formula is C24H20N4O3S2. The normalized spacial score (nSPS) is 12.0. The second kappa shape index (κ2) is 9.60. The van der Waals surface area contributed by atoms with Gasteiger partial charge in [0.2, 0.25) is 12.7 Å². The van der Waals surface area contributed by atoms with Gasteiger partial charge in [-0.1, -0.05) is 48.2 Å². The van der Waals surface area contributed by atoms with E-state index in [-0.39, 0.29) is 18.5 Å². The van der Waals surface area contributed by atoms with Crippen molar-refractivity contribution >= 4 is 29.0 Å². The Hall–Kier alpha value is -3.43. The molecule has 0 atom stereocenters. The molecule has 3 heterocycles. The fourth-order valence-corrected chi connectivity index (χ4v) is 4.98. The summed E-state index contributed by atoms with van der Waals surface area (Å²) in [6.07, 6.45) is 0. The molecule has 1 N–H and O–H groups in total. The van der Waals surface area contributed by atoms with Crippen molar-refractivity contribution in [1.82, 2.24) is 20.5 Å². The third-order valence-electron chi connectivity index (χ3n) is 4.97. The van der Waals surface area contributed by atoms with Gasteiger partial charge in [0, 0.05) is 12.1 Å². The van der Waals surface area contributed by atoms with Gasteiger partial charge in [0.25, 0.3) is 0 Å². The number of thioether (sulfide) groups is 1. The molecule has 1 aliphatic rings. The summed E-state index contributed by atoms with van der Waals surface area (Å²) < 4.78 is 10.7. The average Bonchev–Trinajstić information content (AvgIpc) is 3.48. The van der Waals surface area contributed by atoms with E-state index in [0.717, 1.165) is 38.1 Å². The predicted molar refractivity (Wildman–Crippen MR) is 128 cm³/mol. The van der Waals surface area contributed by atoms with Gasteiger partial charge in [-0.05, 0) is 36.8 Å². The number of nitrogens with zero attached hydrogens (tertiary/aromatic N) is 3. The maximum Gasteiger partial charge on any atom is 0.231 e. The number of carbonyl (C=O) groups excluding carboxylic acids is 1. The van der Waals surface area contributed by atoms with Crippen LogP contribution in [0.15, 0.2) is 65.7 Å². The Balaban J connectivity index is 1.16. The molecule has 0 bridgehead atoms. The third-order valence-corrected chi connectivity index (χ3v) is 7.12. The number of nitrogens with one attached hydrogen (secondary N) is 1. The number of thiazole rings is 1. The number of aromatic nitrogens is 3. The summed E-state index contributed by atoms with van der Waals surface area (Å²) in [7, 11) is 0. The van der Waals surface area contributed by atoms with Crippen molar-refractivity contribution in [2.24, 2.45) is 0 Å². The minimum Gasteiger partial charge on any atom is -0.454 e. The molecule has 9 heteroatoms. The first-order valence-corrected chi connectivity index (χ1v) is 12.1. The Bertz CT molecular complexity index is 1280. The highest BCUT2D eigenvalue weighted by Crippen LogP contribution is 2.34. The number of carbonyl (C=O) groups is 1. The topological polar surface area (TPSA) is 86.2 Å². The van der Waals surface area contributed by atoms with Crippen LogP contribution in [-0.2, 0) is 11.3 Å². The summed E-state index contributed by atoms with van der Waals surface area (Å²) in [4.78, 5) is 17.9. The number of rotatable bonds is 7. The Kier molecular flexibility index (Phi) is 6.23. The summed E-state index contributed by atoms with van der Waals surface area (Å²) in [6.45, 7) is 2.64. The van der Waals surface area contributed by atoms with Crippen LogP contribution in [0.3, 0.4) is 0 Å². The molecule has 0 spiro atoms. The van der Waals surface area contributed by atoms with Crippen LogP contribution in [0.1, 0.15) is 11.3 Å². The van der Waals surface area contributed by atoms with Crippen LogP contribution in [0, 0.1) is 6.92 Å². The molecule has 2 aromatic heterocycles. The van der Waals surface area contributed by atoms with Gasteiger partial charge in [0.15, 0.2) is 11.5 Å². The van der Waals surface area contributed by atoms with Crippen LogP contribution in [0.4, 0.5) is 0 Å². The minimum atomic E-state index is -0.0747. The first-order valence-electron chi connectivity index (χ1n) is 10.3. The van der Waals surface area contributed by atoms with Crippen LogP contribution in [-0.4, -0.2) is 33.6 Å². The molecule has 0 unspecified atom stereocenters. The van der Waals surface area contributed by atoms with Gasteiger partial charge in [0.1, 0.15) is 15.7 Å². The van der Waals surface area contributed by atoms with E-state index in [0.29, 0.717) is 17.3 Å². The zero-order chi connectivity index (χ0) is 22.6. The lowest BCUT2D eigenvalue weighted by molar-refractivity contribution is -0.118. The summed E-state index contributed by atoms with van der Waals surface area (Å²) in [5, 5.41) is 13.2. The van der Waals surface area contributed by atoms with Gasteiger partial charge in [-0.25, -0.2) is 4.98 Å². The SMILES string of the molecule is Cc1nc(-c2ccccc2)sc1-c1ccc(SCC(=O)NCc2ccc3c(c2)OCO3)nn1. The standard InChI is InChI=1S/C24H20N4O3S2/c1-15-23(33-24(26-15)17-5-3-2-4-6-17)18-8-10-22(28-27-18)32-13-21(29)25-12-16-7-9-19-20(11-16)31-14-30-19/h2-11H,12-14H2,1H3,(H,25,29). The smallest absolute Gasteiger partial charge is 0.231 e.